The molecule has 2 heterocycles. The maximum absolute atomic E-state index is 14.4. The zero-order valence-corrected chi connectivity index (χ0v) is 22.4. The molecule has 11 heteroatoms. The topological polar surface area (TPSA) is 144 Å². The number of aromatic nitrogens is 1. The van der Waals surface area contributed by atoms with Gasteiger partial charge in [0.1, 0.15) is 0 Å². The maximum atomic E-state index is 14.4. The number of carbonyl (C=O) groups excluding carboxylic acids is 2. The molecule has 0 unspecified atom stereocenters. The van der Waals surface area contributed by atoms with Gasteiger partial charge in [-0.05, 0) is 18.1 Å². The Morgan fingerprint density at radius 2 is 1.32 bits per heavy atom. The van der Waals surface area contributed by atoms with E-state index in [0.29, 0.717) is 16.6 Å². The number of aryl methyl sites for hydroxylation is 1. The summed E-state index contributed by atoms with van der Waals surface area (Å²) >= 11 is 0. The highest BCUT2D eigenvalue weighted by Crippen LogP contribution is 2.62. The first kappa shape index (κ1) is 26.2. The lowest BCUT2D eigenvalue weighted by atomic mass is 9.54. The number of para-hydroxylation sites is 3. The van der Waals surface area contributed by atoms with E-state index in [4.69, 9.17) is 9.47 Å². The van der Waals surface area contributed by atoms with Crippen LogP contribution in [0, 0.1) is 25.6 Å². The molecule has 6 rings (SSSR count). The standard InChI is InChI=1S/C30H25N3O8/c1-29(2)40-27(34)30(28(35)41-29)20(17-10-4-8-14-22(17)32(36)37)16-24-25(18-11-5-7-13-21(18)31(24)3)26(30)19-12-6-9-15-23(19)33(38)39/h4-15,20,26H,16H2,1-3H3/t20-,26-/m1/s1. The van der Waals surface area contributed by atoms with E-state index in [0.717, 1.165) is 5.52 Å². The van der Waals surface area contributed by atoms with Gasteiger partial charge < -0.3 is 14.0 Å². The summed E-state index contributed by atoms with van der Waals surface area (Å²) in [6.07, 6.45) is 0.0348. The molecule has 1 aliphatic carbocycles. The van der Waals surface area contributed by atoms with Gasteiger partial charge in [-0.25, -0.2) is 0 Å². The molecule has 208 valence electrons. The van der Waals surface area contributed by atoms with E-state index in [1.54, 1.807) is 18.2 Å². The fourth-order valence-electron chi connectivity index (χ4n) is 6.67. The van der Waals surface area contributed by atoms with Crippen LogP contribution in [0.25, 0.3) is 10.9 Å². The number of rotatable bonds is 4. The summed E-state index contributed by atoms with van der Waals surface area (Å²) in [5.41, 5.74) is -0.565. The molecule has 0 N–H and O–H groups in total. The van der Waals surface area contributed by atoms with Gasteiger partial charge in [0, 0.05) is 72.6 Å². The summed E-state index contributed by atoms with van der Waals surface area (Å²) in [6, 6.07) is 19.2. The number of esters is 2. The van der Waals surface area contributed by atoms with Crippen LogP contribution >= 0.6 is 0 Å². The van der Waals surface area contributed by atoms with E-state index in [-0.39, 0.29) is 28.9 Å². The zero-order chi connectivity index (χ0) is 29.3. The third kappa shape index (κ3) is 3.65. The Morgan fingerprint density at radius 1 is 0.805 bits per heavy atom. The van der Waals surface area contributed by atoms with Gasteiger partial charge in [0.25, 0.3) is 17.2 Å². The number of hydrogen-bond donors (Lipinski definition) is 0. The average molecular weight is 556 g/mol. The second kappa shape index (κ2) is 8.98. The molecule has 2 atom stereocenters. The summed E-state index contributed by atoms with van der Waals surface area (Å²) in [5, 5.41) is 25.3. The number of nitrogens with zero attached hydrogens (tertiary/aromatic N) is 3. The highest BCUT2D eigenvalue weighted by Gasteiger charge is 2.69. The lowest BCUT2D eigenvalue weighted by molar-refractivity contribution is -0.386. The Kier molecular flexibility index (Phi) is 5.73. The Balaban J connectivity index is 1.81. The van der Waals surface area contributed by atoms with Gasteiger partial charge in [0.2, 0.25) is 0 Å². The highest BCUT2D eigenvalue weighted by atomic mass is 16.7. The van der Waals surface area contributed by atoms with Gasteiger partial charge in [0.15, 0.2) is 5.41 Å². The van der Waals surface area contributed by atoms with Gasteiger partial charge in [-0.15, -0.1) is 0 Å². The van der Waals surface area contributed by atoms with Crippen LogP contribution in [0.3, 0.4) is 0 Å². The summed E-state index contributed by atoms with van der Waals surface area (Å²) < 4.78 is 13.4. The normalized spacial score (nSPS) is 20.8. The van der Waals surface area contributed by atoms with Crippen LogP contribution < -0.4 is 0 Å². The molecular weight excluding hydrogens is 530 g/mol. The van der Waals surface area contributed by atoms with Crippen molar-refractivity contribution in [3.8, 4) is 0 Å². The molecule has 11 nitrogen and oxygen atoms in total. The molecule has 3 aromatic carbocycles. The molecule has 2 aliphatic rings. The molecule has 0 saturated carbocycles. The average Bonchev–Trinajstić information content (AvgIpc) is 3.21. The van der Waals surface area contributed by atoms with Crippen LogP contribution in [0.1, 0.15) is 48.1 Å². The molecule has 1 fully saturated rings. The first-order chi connectivity index (χ1) is 19.5. The lowest BCUT2D eigenvalue weighted by Gasteiger charge is -2.50. The molecule has 0 bridgehead atoms. The van der Waals surface area contributed by atoms with E-state index in [9.17, 15) is 29.8 Å². The van der Waals surface area contributed by atoms with Gasteiger partial charge in [-0.3, -0.25) is 29.8 Å². The molecule has 1 spiro atoms. The predicted octanol–water partition coefficient (Wildman–Crippen LogP) is 5.29. The van der Waals surface area contributed by atoms with Crippen LogP contribution in [-0.2, 0) is 32.5 Å². The summed E-state index contributed by atoms with van der Waals surface area (Å²) in [4.78, 5) is 52.3. The number of nitro benzene ring substituents is 2. The van der Waals surface area contributed by atoms with Crippen molar-refractivity contribution in [3.63, 3.8) is 0 Å². The number of cyclic esters (lactones) is 2. The van der Waals surface area contributed by atoms with Crippen LogP contribution in [0.4, 0.5) is 11.4 Å². The predicted molar refractivity (Wildman–Crippen MR) is 146 cm³/mol. The van der Waals surface area contributed by atoms with E-state index < -0.39 is 44.8 Å². The third-order valence-corrected chi connectivity index (χ3v) is 8.27. The first-order valence-corrected chi connectivity index (χ1v) is 13.0. The van der Waals surface area contributed by atoms with Gasteiger partial charge in [-0.2, -0.15) is 0 Å². The van der Waals surface area contributed by atoms with Gasteiger partial charge in [-0.1, -0.05) is 54.6 Å². The number of benzene rings is 3. The zero-order valence-electron chi connectivity index (χ0n) is 22.4. The van der Waals surface area contributed by atoms with Gasteiger partial charge in [0.05, 0.1) is 9.85 Å². The maximum Gasteiger partial charge on any atom is 0.328 e. The summed E-state index contributed by atoms with van der Waals surface area (Å²) in [7, 11) is 1.83. The van der Waals surface area contributed by atoms with Crippen LogP contribution in [0.15, 0.2) is 72.8 Å². The fraction of sp³-hybridized carbons (Fsp3) is 0.267. The molecule has 41 heavy (non-hydrogen) atoms. The molecule has 1 aromatic heterocycles. The Labute approximate surface area is 233 Å². The third-order valence-electron chi connectivity index (χ3n) is 8.27. The van der Waals surface area contributed by atoms with Crippen molar-refractivity contribution in [2.45, 2.75) is 37.9 Å². The van der Waals surface area contributed by atoms with E-state index in [1.807, 2.05) is 29.8 Å². The Bertz CT molecular complexity index is 1770. The number of carbonyl (C=O) groups is 2. The van der Waals surface area contributed by atoms with Crippen molar-refractivity contribution >= 4 is 34.2 Å². The van der Waals surface area contributed by atoms with Crippen molar-refractivity contribution < 1.29 is 28.9 Å². The molecule has 1 saturated heterocycles. The van der Waals surface area contributed by atoms with Crippen molar-refractivity contribution in [2.75, 3.05) is 0 Å². The smallest absolute Gasteiger partial charge is 0.328 e. The SMILES string of the molecule is Cn1c2c(c3ccccc31)[C@@H](c1ccccc1[N+](=O)[O-])C1(C(=O)OC(C)(C)OC1=O)[C@@H](c1ccccc1[N+](=O)[O-])C2. The lowest BCUT2D eigenvalue weighted by Crippen LogP contribution is -2.61. The minimum atomic E-state index is -2.22. The highest BCUT2D eigenvalue weighted by molar-refractivity contribution is 6.06. The van der Waals surface area contributed by atoms with Crippen LogP contribution in [0.5, 0.6) is 0 Å². The van der Waals surface area contributed by atoms with Crippen molar-refractivity contribution in [1.82, 2.24) is 4.57 Å². The molecule has 1 aliphatic heterocycles. The molecule has 0 amide bonds. The Morgan fingerprint density at radius 3 is 1.93 bits per heavy atom. The quantitative estimate of drug-likeness (QED) is 0.143. The van der Waals surface area contributed by atoms with E-state index in [2.05, 4.69) is 0 Å². The monoisotopic (exact) mass is 555 g/mol. The Hall–Kier alpha value is -5.06. The molecular formula is C30H25N3O8. The number of hydrogen-bond acceptors (Lipinski definition) is 8. The van der Waals surface area contributed by atoms with Gasteiger partial charge >= 0.3 is 11.9 Å². The summed E-state index contributed by atoms with van der Waals surface area (Å²) in [6.45, 7) is 2.84. The fourth-order valence-corrected chi connectivity index (χ4v) is 6.67. The minimum Gasteiger partial charge on any atom is -0.422 e. The largest absolute Gasteiger partial charge is 0.422 e. The van der Waals surface area contributed by atoms with Crippen molar-refractivity contribution in [3.05, 3.63) is 115 Å². The molecule has 4 aromatic rings. The van der Waals surface area contributed by atoms with Crippen molar-refractivity contribution in [2.24, 2.45) is 12.5 Å². The number of ether oxygens (including phenoxy) is 2. The van der Waals surface area contributed by atoms with Crippen molar-refractivity contribution in [1.29, 1.82) is 0 Å². The molecule has 0 radical (unpaired) electrons. The number of fused-ring (bicyclic) bond motifs is 3. The van der Waals surface area contributed by atoms with E-state index >= 15 is 0 Å². The first-order valence-electron chi connectivity index (χ1n) is 13.0. The minimum absolute atomic E-state index is 0.0348. The number of nitro groups is 2. The van der Waals surface area contributed by atoms with E-state index in [1.165, 1.54) is 50.2 Å². The van der Waals surface area contributed by atoms with Crippen LogP contribution in [-0.4, -0.2) is 32.1 Å². The van der Waals surface area contributed by atoms with Crippen LogP contribution in [0.2, 0.25) is 0 Å². The second-order valence-corrected chi connectivity index (χ2v) is 10.8. The summed E-state index contributed by atoms with van der Waals surface area (Å²) in [5.74, 6) is -5.94. The second-order valence-electron chi connectivity index (χ2n) is 10.8.